The van der Waals surface area contributed by atoms with Crippen LogP contribution in [0.15, 0.2) is 6.20 Å². The molecule has 0 fully saturated rings. The lowest BCUT2D eigenvalue weighted by Gasteiger charge is -2.11. The fraction of sp³-hybridized carbons (Fsp3) is 0.250. The van der Waals surface area contributed by atoms with Gasteiger partial charge in [0, 0.05) is 11.8 Å². The van der Waals surface area contributed by atoms with Crippen LogP contribution in [0.3, 0.4) is 0 Å². The summed E-state index contributed by atoms with van der Waals surface area (Å²) in [5.41, 5.74) is -2.08. The molecule has 0 saturated carbocycles. The number of rotatable bonds is 3. The van der Waals surface area contributed by atoms with Gasteiger partial charge in [0.05, 0.1) is 17.4 Å². The summed E-state index contributed by atoms with van der Waals surface area (Å²) < 4.78 is 52.6. The molecule has 0 aromatic carbocycles. The minimum atomic E-state index is -5.25. The molecule has 0 bridgehead atoms. The summed E-state index contributed by atoms with van der Waals surface area (Å²) >= 11 is 0. The number of ether oxygens (including phenoxy) is 1. The maximum Gasteiger partial charge on any atom is 0.573 e. The summed E-state index contributed by atoms with van der Waals surface area (Å²) in [6.45, 7) is 0. The van der Waals surface area contributed by atoms with Crippen LogP contribution in [0.5, 0.6) is 5.75 Å². The van der Waals surface area contributed by atoms with E-state index >= 15 is 0 Å². The molecular formula is C8H3F4N3O3. The summed E-state index contributed by atoms with van der Waals surface area (Å²) in [5.74, 6) is -3.08. The van der Waals surface area contributed by atoms with Gasteiger partial charge in [-0.3, -0.25) is 10.1 Å². The molecule has 10 heteroatoms. The zero-order valence-electron chi connectivity index (χ0n) is 8.36. The number of nitrogens with zero attached hydrogens (tertiary/aromatic N) is 3. The summed E-state index contributed by atoms with van der Waals surface area (Å²) in [6.07, 6.45) is -5.31. The fourth-order valence-corrected chi connectivity index (χ4v) is 1.10. The lowest BCUT2D eigenvalue weighted by atomic mass is 10.2. The summed E-state index contributed by atoms with van der Waals surface area (Å²) in [5, 5.41) is 18.8. The molecule has 1 aromatic rings. The van der Waals surface area contributed by atoms with Gasteiger partial charge in [0.15, 0.2) is 0 Å². The van der Waals surface area contributed by atoms with Crippen molar-refractivity contribution in [1.29, 1.82) is 5.26 Å². The minimum absolute atomic E-state index is 0.525. The van der Waals surface area contributed by atoms with E-state index in [0.717, 1.165) is 0 Å². The van der Waals surface area contributed by atoms with Gasteiger partial charge >= 0.3 is 12.0 Å². The molecule has 18 heavy (non-hydrogen) atoms. The quantitative estimate of drug-likeness (QED) is 0.361. The van der Waals surface area contributed by atoms with Crippen LogP contribution in [-0.2, 0) is 6.42 Å². The Kier molecular flexibility index (Phi) is 3.65. The highest BCUT2D eigenvalue weighted by Crippen LogP contribution is 2.36. The monoisotopic (exact) mass is 265 g/mol. The third-order valence-corrected chi connectivity index (χ3v) is 1.71. The number of pyridine rings is 1. The van der Waals surface area contributed by atoms with E-state index in [1.807, 2.05) is 0 Å². The van der Waals surface area contributed by atoms with Crippen LogP contribution < -0.4 is 4.74 Å². The predicted octanol–water partition coefficient (Wildman–Crippen LogP) is 2.09. The third kappa shape index (κ3) is 3.03. The molecule has 1 heterocycles. The van der Waals surface area contributed by atoms with Gasteiger partial charge < -0.3 is 4.74 Å². The zero-order valence-corrected chi connectivity index (χ0v) is 8.36. The van der Waals surface area contributed by atoms with Gasteiger partial charge in [-0.25, -0.2) is 4.98 Å². The van der Waals surface area contributed by atoms with E-state index in [9.17, 15) is 27.7 Å². The van der Waals surface area contributed by atoms with Crippen LogP contribution >= 0.6 is 0 Å². The van der Waals surface area contributed by atoms with Gasteiger partial charge in [0.25, 0.3) is 5.95 Å². The Morgan fingerprint density at radius 2 is 2.17 bits per heavy atom. The molecule has 6 nitrogen and oxygen atoms in total. The van der Waals surface area contributed by atoms with E-state index in [4.69, 9.17) is 5.26 Å². The average Bonchev–Trinajstić information content (AvgIpc) is 2.19. The Hall–Kier alpha value is -2.44. The number of alkyl halides is 3. The van der Waals surface area contributed by atoms with Crippen molar-refractivity contribution >= 4 is 5.69 Å². The van der Waals surface area contributed by atoms with E-state index in [-0.39, 0.29) is 0 Å². The number of hydrogen-bond acceptors (Lipinski definition) is 5. The van der Waals surface area contributed by atoms with Gasteiger partial charge in [-0.05, 0) is 0 Å². The Labute approximate surface area is 96.6 Å². The molecule has 0 saturated heterocycles. The van der Waals surface area contributed by atoms with Gasteiger partial charge in [0.1, 0.15) is 0 Å². The van der Waals surface area contributed by atoms with Crippen molar-refractivity contribution in [3.63, 3.8) is 0 Å². The Bertz CT molecular complexity index is 524. The van der Waals surface area contributed by atoms with Crippen LogP contribution in [0.25, 0.3) is 0 Å². The zero-order chi connectivity index (χ0) is 13.9. The molecule has 0 atom stereocenters. The molecule has 0 aliphatic carbocycles. The van der Waals surface area contributed by atoms with Crippen LogP contribution in [0.1, 0.15) is 5.56 Å². The Morgan fingerprint density at radius 1 is 1.56 bits per heavy atom. The maximum absolute atomic E-state index is 13.0. The standard InChI is InChI=1S/C8H3F4N3O3/c9-7-5(15(16)17)6(18-8(10,11)12)4(1-2-13)3-14-7/h3H,1H2. The van der Waals surface area contributed by atoms with Crippen molar-refractivity contribution in [2.45, 2.75) is 12.8 Å². The third-order valence-electron chi connectivity index (χ3n) is 1.71. The fourth-order valence-electron chi connectivity index (χ4n) is 1.10. The van der Waals surface area contributed by atoms with E-state index in [1.165, 1.54) is 6.07 Å². The molecule has 0 aliphatic heterocycles. The first-order valence-electron chi connectivity index (χ1n) is 4.20. The highest BCUT2D eigenvalue weighted by atomic mass is 19.4. The molecule has 1 aromatic heterocycles. The van der Waals surface area contributed by atoms with Crippen molar-refractivity contribution < 1.29 is 27.2 Å². The molecule has 0 aliphatic rings. The van der Waals surface area contributed by atoms with Gasteiger partial charge in [-0.15, -0.1) is 13.2 Å². The van der Waals surface area contributed by atoms with Crippen molar-refractivity contribution in [3.05, 3.63) is 27.8 Å². The topological polar surface area (TPSA) is 89.0 Å². The highest BCUT2D eigenvalue weighted by Gasteiger charge is 2.38. The second-order valence-electron chi connectivity index (χ2n) is 2.89. The van der Waals surface area contributed by atoms with Crippen molar-refractivity contribution in [3.8, 4) is 11.8 Å². The van der Waals surface area contributed by atoms with Crippen LogP contribution in [-0.4, -0.2) is 16.3 Å². The van der Waals surface area contributed by atoms with E-state index in [1.54, 1.807) is 0 Å². The van der Waals surface area contributed by atoms with Gasteiger partial charge in [0.2, 0.25) is 5.75 Å². The minimum Gasteiger partial charge on any atom is -0.398 e. The van der Waals surface area contributed by atoms with Gasteiger partial charge in [-0.2, -0.15) is 9.65 Å². The van der Waals surface area contributed by atoms with Crippen LogP contribution in [0, 0.1) is 27.4 Å². The second-order valence-corrected chi connectivity index (χ2v) is 2.89. The molecule has 0 amide bonds. The number of aromatic nitrogens is 1. The maximum atomic E-state index is 13.0. The van der Waals surface area contributed by atoms with Crippen LogP contribution in [0.2, 0.25) is 0 Å². The molecule has 0 radical (unpaired) electrons. The largest absolute Gasteiger partial charge is 0.573 e. The average molecular weight is 265 g/mol. The molecule has 0 unspecified atom stereocenters. The summed E-state index contributed by atoms with van der Waals surface area (Å²) in [6, 6.07) is 1.46. The van der Waals surface area contributed by atoms with Crippen molar-refractivity contribution in [1.82, 2.24) is 4.98 Å². The number of nitriles is 1. The predicted molar refractivity (Wildman–Crippen MR) is 46.8 cm³/mol. The summed E-state index contributed by atoms with van der Waals surface area (Å²) in [7, 11) is 0. The molecular weight excluding hydrogens is 262 g/mol. The Morgan fingerprint density at radius 3 is 2.61 bits per heavy atom. The molecule has 0 spiro atoms. The number of hydrogen-bond donors (Lipinski definition) is 0. The van der Waals surface area contributed by atoms with E-state index < -0.39 is 40.7 Å². The van der Waals surface area contributed by atoms with Gasteiger partial charge in [-0.1, -0.05) is 0 Å². The SMILES string of the molecule is N#CCc1cnc(F)c([N+](=O)[O-])c1OC(F)(F)F. The van der Waals surface area contributed by atoms with E-state index in [2.05, 4.69) is 9.72 Å². The first kappa shape index (κ1) is 13.6. The molecule has 96 valence electrons. The van der Waals surface area contributed by atoms with E-state index in [0.29, 0.717) is 6.20 Å². The molecule has 1 rings (SSSR count). The molecule has 0 N–H and O–H groups in total. The summed E-state index contributed by atoms with van der Waals surface area (Å²) in [4.78, 5) is 12.0. The first-order chi connectivity index (χ1) is 8.26. The second kappa shape index (κ2) is 4.82. The lowest BCUT2D eigenvalue weighted by Crippen LogP contribution is -2.19. The normalized spacial score (nSPS) is 10.8. The highest BCUT2D eigenvalue weighted by molar-refractivity contribution is 5.51. The van der Waals surface area contributed by atoms with Crippen molar-refractivity contribution in [2.24, 2.45) is 0 Å². The van der Waals surface area contributed by atoms with Crippen molar-refractivity contribution in [2.75, 3.05) is 0 Å². The number of halogens is 4. The van der Waals surface area contributed by atoms with Crippen LogP contribution in [0.4, 0.5) is 23.2 Å². The lowest BCUT2D eigenvalue weighted by molar-refractivity contribution is -0.391. The Balaban J connectivity index is 3.44. The first-order valence-corrected chi connectivity index (χ1v) is 4.20. The smallest absolute Gasteiger partial charge is 0.398 e. The number of nitro groups is 1.